The lowest BCUT2D eigenvalue weighted by Gasteiger charge is -2.16. The van der Waals surface area contributed by atoms with Crippen molar-refractivity contribution < 1.29 is 19.1 Å². The molecule has 0 unspecified atom stereocenters. The fourth-order valence-electron chi connectivity index (χ4n) is 1.83. The number of esters is 1. The van der Waals surface area contributed by atoms with Crippen LogP contribution in [0.1, 0.15) is 51.3 Å². The molecule has 0 aliphatic heterocycles. The molecule has 1 rings (SSSR count). The Balaban J connectivity index is 3.13. The van der Waals surface area contributed by atoms with Gasteiger partial charge in [-0.05, 0) is 31.5 Å². The third kappa shape index (κ3) is 3.91. The fourth-order valence-corrected chi connectivity index (χ4v) is 1.83. The van der Waals surface area contributed by atoms with Gasteiger partial charge in [0.15, 0.2) is 0 Å². The number of hydrogen-bond donors (Lipinski definition) is 0. The molecule has 0 aromatic heterocycles. The number of rotatable bonds is 6. The van der Waals surface area contributed by atoms with Crippen LogP contribution in [0.5, 0.6) is 0 Å². The minimum absolute atomic E-state index is 0.213. The van der Waals surface area contributed by atoms with E-state index >= 15 is 0 Å². The average Bonchev–Trinajstić information content (AvgIpc) is 2.46. The maximum Gasteiger partial charge on any atom is 0.338 e. The average molecular weight is 277 g/mol. The molecule has 0 bridgehead atoms. The molecule has 0 atom stereocenters. The number of ether oxygens (including phenoxy) is 1. The van der Waals surface area contributed by atoms with Gasteiger partial charge in [-0.15, -0.1) is 0 Å². The SMILES string of the molecule is CCCN(C)C(=O)c1cc(C=O)cc(C(=O)OCC)c1. The molecule has 0 N–H and O–H groups in total. The van der Waals surface area contributed by atoms with Crippen LogP contribution in [0.25, 0.3) is 0 Å². The number of hydrogen-bond acceptors (Lipinski definition) is 4. The number of aldehydes is 1. The molecule has 0 spiro atoms. The number of nitrogens with zero attached hydrogens (tertiary/aromatic N) is 1. The molecule has 0 saturated carbocycles. The summed E-state index contributed by atoms with van der Waals surface area (Å²) in [5.41, 5.74) is 0.808. The highest BCUT2D eigenvalue weighted by Crippen LogP contribution is 2.13. The lowest BCUT2D eigenvalue weighted by Crippen LogP contribution is -2.27. The summed E-state index contributed by atoms with van der Waals surface area (Å²) in [7, 11) is 1.68. The zero-order chi connectivity index (χ0) is 15.1. The van der Waals surface area contributed by atoms with Gasteiger partial charge in [-0.2, -0.15) is 0 Å². The fraction of sp³-hybridized carbons (Fsp3) is 0.400. The molecule has 20 heavy (non-hydrogen) atoms. The van der Waals surface area contributed by atoms with Crippen LogP contribution >= 0.6 is 0 Å². The van der Waals surface area contributed by atoms with Gasteiger partial charge in [-0.3, -0.25) is 9.59 Å². The first-order valence-electron chi connectivity index (χ1n) is 6.56. The van der Waals surface area contributed by atoms with E-state index in [9.17, 15) is 14.4 Å². The van der Waals surface area contributed by atoms with E-state index in [2.05, 4.69) is 0 Å². The van der Waals surface area contributed by atoms with Crippen molar-refractivity contribution in [2.75, 3.05) is 20.2 Å². The summed E-state index contributed by atoms with van der Waals surface area (Å²) in [5.74, 6) is -0.760. The van der Waals surface area contributed by atoms with Crippen LogP contribution in [0, 0.1) is 0 Å². The van der Waals surface area contributed by atoms with Crippen molar-refractivity contribution in [3.63, 3.8) is 0 Å². The largest absolute Gasteiger partial charge is 0.462 e. The topological polar surface area (TPSA) is 63.7 Å². The van der Waals surface area contributed by atoms with Gasteiger partial charge in [0.25, 0.3) is 5.91 Å². The highest BCUT2D eigenvalue weighted by Gasteiger charge is 2.16. The Morgan fingerprint density at radius 1 is 1.20 bits per heavy atom. The molecular formula is C15H19NO4. The van der Waals surface area contributed by atoms with Crippen LogP contribution in [0.15, 0.2) is 18.2 Å². The molecule has 0 aliphatic carbocycles. The van der Waals surface area contributed by atoms with Gasteiger partial charge in [0.2, 0.25) is 0 Å². The predicted octanol–water partition coefficient (Wildman–Crippen LogP) is 2.16. The van der Waals surface area contributed by atoms with E-state index in [0.717, 1.165) is 6.42 Å². The Morgan fingerprint density at radius 2 is 1.85 bits per heavy atom. The van der Waals surface area contributed by atoms with Gasteiger partial charge in [0.1, 0.15) is 6.29 Å². The predicted molar refractivity (Wildman–Crippen MR) is 75.0 cm³/mol. The van der Waals surface area contributed by atoms with E-state index in [1.807, 2.05) is 6.92 Å². The van der Waals surface area contributed by atoms with E-state index in [1.165, 1.54) is 18.2 Å². The second-order valence-corrected chi connectivity index (χ2v) is 4.41. The Morgan fingerprint density at radius 3 is 2.40 bits per heavy atom. The maximum atomic E-state index is 12.2. The summed E-state index contributed by atoms with van der Waals surface area (Å²) in [5, 5.41) is 0. The zero-order valence-electron chi connectivity index (χ0n) is 12.0. The van der Waals surface area contributed by atoms with Gasteiger partial charge < -0.3 is 9.64 Å². The molecule has 0 aliphatic rings. The van der Waals surface area contributed by atoms with Crippen LogP contribution in [0.4, 0.5) is 0 Å². The van der Waals surface area contributed by atoms with Crippen LogP contribution in [0.3, 0.4) is 0 Å². The molecule has 0 heterocycles. The van der Waals surface area contributed by atoms with Crippen LogP contribution in [-0.4, -0.2) is 43.3 Å². The number of amides is 1. The van der Waals surface area contributed by atoms with E-state index in [4.69, 9.17) is 4.74 Å². The molecule has 5 nitrogen and oxygen atoms in total. The summed E-state index contributed by atoms with van der Waals surface area (Å²) in [6.07, 6.45) is 1.44. The number of carbonyl (C=O) groups excluding carboxylic acids is 3. The quantitative estimate of drug-likeness (QED) is 0.590. The van der Waals surface area contributed by atoms with Crippen molar-refractivity contribution in [3.05, 3.63) is 34.9 Å². The molecule has 0 radical (unpaired) electrons. The highest BCUT2D eigenvalue weighted by atomic mass is 16.5. The summed E-state index contributed by atoms with van der Waals surface area (Å²) in [6.45, 7) is 4.51. The molecule has 5 heteroatoms. The lowest BCUT2D eigenvalue weighted by atomic mass is 10.1. The van der Waals surface area contributed by atoms with Crippen LogP contribution < -0.4 is 0 Å². The van der Waals surface area contributed by atoms with E-state index in [-0.39, 0.29) is 23.6 Å². The molecule has 108 valence electrons. The zero-order valence-corrected chi connectivity index (χ0v) is 12.0. The monoisotopic (exact) mass is 277 g/mol. The first kappa shape index (κ1) is 15.9. The van der Waals surface area contributed by atoms with Gasteiger partial charge in [-0.25, -0.2) is 4.79 Å². The van der Waals surface area contributed by atoms with Crippen molar-refractivity contribution in [1.29, 1.82) is 0 Å². The van der Waals surface area contributed by atoms with Crippen molar-refractivity contribution in [2.24, 2.45) is 0 Å². The van der Waals surface area contributed by atoms with E-state index < -0.39 is 5.97 Å². The van der Waals surface area contributed by atoms with Crippen molar-refractivity contribution >= 4 is 18.2 Å². The summed E-state index contributed by atoms with van der Waals surface area (Å²) < 4.78 is 4.89. The van der Waals surface area contributed by atoms with Crippen LogP contribution in [-0.2, 0) is 4.74 Å². The first-order valence-corrected chi connectivity index (χ1v) is 6.56. The minimum Gasteiger partial charge on any atom is -0.462 e. The van der Waals surface area contributed by atoms with Gasteiger partial charge in [0, 0.05) is 24.7 Å². The summed E-state index contributed by atoms with van der Waals surface area (Å²) in [4.78, 5) is 36.4. The third-order valence-electron chi connectivity index (χ3n) is 2.76. The normalized spacial score (nSPS) is 9.95. The summed E-state index contributed by atoms with van der Waals surface area (Å²) in [6, 6.07) is 4.35. The number of benzene rings is 1. The maximum absolute atomic E-state index is 12.2. The van der Waals surface area contributed by atoms with E-state index in [1.54, 1.807) is 18.9 Å². The third-order valence-corrected chi connectivity index (χ3v) is 2.76. The Hall–Kier alpha value is -2.17. The van der Waals surface area contributed by atoms with Crippen molar-refractivity contribution in [2.45, 2.75) is 20.3 Å². The van der Waals surface area contributed by atoms with Crippen molar-refractivity contribution in [3.8, 4) is 0 Å². The second kappa shape index (κ2) is 7.43. The number of carbonyl (C=O) groups is 3. The minimum atomic E-state index is -0.539. The second-order valence-electron chi connectivity index (χ2n) is 4.41. The molecular weight excluding hydrogens is 258 g/mol. The molecule has 0 saturated heterocycles. The molecule has 0 fully saturated rings. The Kier molecular flexibility index (Phi) is 5.90. The van der Waals surface area contributed by atoms with Gasteiger partial charge in [0.05, 0.1) is 12.2 Å². The van der Waals surface area contributed by atoms with Gasteiger partial charge in [-0.1, -0.05) is 6.92 Å². The molecule has 1 aromatic carbocycles. The molecule has 1 amide bonds. The van der Waals surface area contributed by atoms with E-state index in [0.29, 0.717) is 18.4 Å². The van der Waals surface area contributed by atoms with Crippen LogP contribution in [0.2, 0.25) is 0 Å². The smallest absolute Gasteiger partial charge is 0.338 e. The standard InChI is InChI=1S/C15H19NO4/c1-4-6-16(3)14(18)12-7-11(10-17)8-13(9-12)15(19)20-5-2/h7-10H,4-6H2,1-3H3. The van der Waals surface area contributed by atoms with Gasteiger partial charge >= 0.3 is 5.97 Å². The summed E-state index contributed by atoms with van der Waals surface area (Å²) >= 11 is 0. The van der Waals surface area contributed by atoms with Crippen molar-refractivity contribution in [1.82, 2.24) is 4.90 Å². The Labute approximate surface area is 118 Å². The lowest BCUT2D eigenvalue weighted by molar-refractivity contribution is 0.0526. The first-order chi connectivity index (χ1) is 9.53. The molecule has 1 aromatic rings. The Bertz CT molecular complexity index is 511. The highest BCUT2D eigenvalue weighted by molar-refractivity contribution is 6.00.